The Kier molecular flexibility index (Phi) is 10.4. The topological polar surface area (TPSA) is 264 Å². The number of aliphatic hydroxyl groups excluding tert-OH is 2. The number of nitrogens with two attached hydrogens (primary N) is 1. The van der Waals surface area contributed by atoms with Gasteiger partial charge in [-0.3, -0.25) is 28.0 Å². The minimum absolute atomic E-state index is 0.0500. The first-order valence-corrected chi connectivity index (χ1v) is 16.9. The Morgan fingerprint density at radius 1 is 1.22 bits per heavy atom. The number of carbonyl (C=O) groups is 1. The van der Waals surface area contributed by atoms with Gasteiger partial charge in [-0.25, -0.2) is 29.1 Å². The Hall–Kier alpha value is -3.40. The van der Waals surface area contributed by atoms with Crippen LogP contribution in [0.4, 0.5) is 10.6 Å². The zero-order valence-corrected chi connectivity index (χ0v) is 26.3. The Bertz CT molecular complexity index is 1700. The zero-order valence-electron chi connectivity index (χ0n) is 24.6. The van der Waals surface area contributed by atoms with Crippen molar-refractivity contribution in [3.63, 3.8) is 0 Å². The van der Waals surface area contributed by atoms with Crippen molar-refractivity contribution < 1.29 is 52.3 Å². The number of aromatic amines is 1. The first-order valence-electron chi connectivity index (χ1n) is 13.7. The van der Waals surface area contributed by atoms with Crippen LogP contribution in [-0.2, 0) is 37.3 Å². The predicted molar refractivity (Wildman–Crippen MR) is 156 cm³/mol. The number of carbonyl (C=O) groups excluding carboxylic acids is 1. The second-order valence-electron chi connectivity index (χ2n) is 10.2. The van der Waals surface area contributed by atoms with Gasteiger partial charge in [-0.05, 0) is 13.8 Å². The highest BCUT2D eigenvalue weighted by molar-refractivity contribution is 8.55. The van der Waals surface area contributed by atoms with Gasteiger partial charge in [0.05, 0.1) is 19.0 Å². The van der Waals surface area contributed by atoms with Crippen LogP contribution in [0.3, 0.4) is 0 Å². The number of hydrogen-bond acceptors (Lipinski definition) is 18. The SMILES string of the molecule is CO[C@H]1C(OP(=O)(O[C@H]2O[C@@H](n3cnc4c(N)ncnc43)CC2O)SCOC(=O)OC(C)C)[C@@H](CO)O[C@H]1n1ccc(=O)[nH]c1=O. The number of fused-ring (bicyclic) bond motifs is 1. The van der Waals surface area contributed by atoms with Crippen molar-refractivity contribution in [2.24, 2.45) is 0 Å². The average molecular weight is 690 g/mol. The highest BCUT2D eigenvalue weighted by Gasteiger charge is 2.52. The highest BCUT2D eigenvalue weighted by Crippen LogP contribution is 2.64. The molecule has 0 amide bonds. The number of aromatic nitrogens is 6. The molecule has 0 aliphatic carbocycles. The largest absolute Gasteiger partial charge is 0.509 e. The summed E-state index contributed by atoms with van der Waals surface area (Å²) in [6, 6.07) is 1.08. The van der Waals surface area contributed by atoms with Crippen LogP contribution in [0.5, 0.6) is 0 Å². The molecule has 2 aliphatic heterocycles. The summed E-state index contributed by atoms with van der Waals surface area (Å²) in [5.41, 5.74) is 5.00. The molecule has 0 saturated carbocycles. The van der Waals surface area contributed by atoms with Crippen LogP contribution in [0, 0.1) is 0 Å². The molecule has 252 valence electrons. The van der Waals surface area contributed by atoms with Gasteiger partial charge in [-0.1, -0.05) is 0 Å². The lowest BCUT2D eigenvalue weighted by Gasteiger charge is -2.28. The molecule has 0 bridgehead atoms. The van der Waals surface area contributed by atoms with Crippen LogP contribution >= 0.6 is 18.2 Å². The number of H-pyrrole nitrogens is 1. The van der Waals surface area contributed by atoms with Crippen molar-refractivity contribution in [3.8, 4) is 0 Å². The van der Waals surface area contributed by atoms with E-state index in [9.17, 15) is 29.2 Å². The molecule has 2 saturated heterocycles. The lowest BCUT2D eigenvalue weighted by atomic mass is 10.1. The molecule has 22 heteroatoms. The standard InChI is InChI=1S/C24H32N7O13PS/c1-11(2)40-24(36)39-10-46-45(37,43-17-13(7-32)41-21(18(17)38-3)30-5-4-14(34)29-23(30)35)44-22-12(33)6-15(42-22)31-9-28-16-19(25)26-8-27-20(16)31/h4-5,8-9,11-13,15,17-18,21-22,32-33H,6-7,10H2,1-3H3,(H2,25,26,27)(H,29,34,35)/t12?,13-,15-,17?,18+,21-,22-,45?/m1/s1. The molecule has 5 N–H and O–H groups in total. The minimum Gasteiger partial charge on any atom is -0.432 e. The van der Waals surface area contributed by atoms with E-state index in [0.717, 1.165) is 16.8 Å². The first kappa shape index (κ1) is 33.9. The summed E-state index contributed by atoms with van der Waals surface area (Å²) in [5, 5.41) is 21.0. The molecular formula is C24H32N7O13PS. The fraction of sp³-hybridized carbons (Fsp3) is 0.583. The molecule has 8 atom stereocenters. The molecule has 5 heterocycles. The summed E-state index contributed by atoms with van der Waals surface area (Å²) >= 11 is 0.417. The first-order chi connectivity index (χ1) is 21.9. The number of nitrogen functional groups attached to an aromatic ring is 1. The molecular weight excluding hydrogens is 657 g/mol. The fourth-order valence-electron chi connectivity index (χ4n) is 4.79. The number of aliphatic hydroxyl groups is 2. The number of ether oxygens (including phenoxy) is 5. The Morgan fingerprint density at radius 2 is 2.00 bits per heavy atom. The van der Waals surface area contributed by atoms with Crippen molar-refractivity contribution in [2.45, 2.75) is 69.5 Å². The van der Waals surface area contributed by atoms with Crippen LogP contribution in [0.25, 0.3) is 11.2 Å². The second-order valence-corrected chi connectivity index (χ2v) is 14.2. The second kappa shape index (κ2) is 14.2. The number of hydrogen-bond donors (Lipinski definition) is 4. The van der Waals surface area contributed by atoms with E-state index in [4.69, 9.17) is 38.5 Å². The van der Waals surface area contributed by atoms with Gasteiger partial charge >= 0.3 is 18.6 Å². The van der Waals surface area contributed by atoms with Crippen molar-refractivity contribution >= 4 is 41.3 Å². The summed E-state index contributed by atoms with van der Waals surface area (Å²) in [6.45, 7) is -2.00. The molecule has 20 nitrogen and oxygen atoms in total. The predicted octanol–water partition coefficient (Wildman–Crippen LogP) is 0.232. The van der Waals surface area contributed by atoms with E-state index >= 15 is 0 Å². The normalized spacial score (nSPS) is 27.7. The van der Waals surface area contributed by atoms with Gasteiger partial charge in [0.1, 0.15) is 42.5 Å². The van der Waals surface area contributed by atoms with Crippen LogP contribution in [-0.4, -0.2) is 102 Å². The van der Waals surface area contributed by atoms with Crippen LogP contribution in [0.15, 0.2) is 34.5 Å². The number of imidazole rings is 1. The third-order valence-corrected chi connectivity index (χ3v) is 10.1. The van der Waals surface area contributed by atoms with Crippen LogP contribution in [0.1, 0.15) is 32.7 Å². The smallest absolute Gasteiger partial charge is 0.432 e. The summed E-state index contributed by atoms with van der Waals surface area (Å²) in [7, 11) is 1.26. The quantitative estimate of drug-likeness (QED) is 0.113. The molecule has 3 unspecified atom stereocenters. The molecule has 0 spiro atoms. The number of anilines is 1. The maximum atomic E-state index is 14.3. The summed E-state index contributed by atoms with van der Waals surface area (Å²) in [4.78, 5) is 50.4. The Labute approximate surface area is 263 Å². The third kappa shape index (κ3) is 7.27. The zero-order chi connectivity index (χ0) is 33.2. The molecule has 5 rings (SSSR count). The van der Waals surface area contributed by atoms with E-state index in [0.29, 0.717) is 22.5 Å². The van der Waals surface area contributed by atoms with Crippen LogP contribution < -0.4 is 17.0 Å². The highest BCUT2D eigenvalue weighted by atomic mass is 32.7. The average Bonchev–Trinajstić information content (AvgIpc) is 3.68. The third-order valence-electron chi connectivity index (χ3n) is 6.81. The van der Waals surface area contributed by atoms with Crippen molar-refractivity contribution in [1.82, 2.24) is 29.1 Å². The molecule has 3 aromatic heterocycles. The van der Waals surface area contributed by atoms with Crippen LogP contribution in [0.2, 0.25) is 0 Å². The lowest BCUT2D eigenvalue weighted by molar-refractivity contribution is -0.131. The Balaban J connectivity index is 1.39. The fourth-order valence-corrected chi connectivity index (χ4v) is 7.70. The number of nitrogens with zero attached hydrogens (tertiary/aromatic N) is 5. The van der Waals surface area contributed by atoms with E-state index in [2.05, 4.69) is 19.9 Å². The maximum Gasteiger partial charge on any atom is 0.509 e. The molecule has 2 aliphatic rings. The maximum absolute atomic E-state index is 14.3. The number of methoxy groups -OCH3 is 1. The minimum atomic E-state index is -4.53. The molecule has 46 heavy (non-hydrogen) atoms. The van der Waals surface area contributed by atoms with Gasteiger partial charge in [-0.15, -0.1) is 0 Å². The van der Waals surface area contributed by atoms with Gasteiger partial charge in [0.15, 0.2) is 29.9 Å². The van der Waals surface area contributed by atoms with Gasteiger partial charge in [-0.2, -0.15) is 0 Å². The van der Waals surface area contributed by atoms with E-state index in [1.807, 2.05) is 0 Å². The van der Waals surface area contributed by atoms with Crippen molar-refractivity contribution in [2.75, 3.05) is 25.4 Å². The monoisotopic (exact) mass is 689 g/mol. The lowest BCUT2D eigenvalue weighted by Crippen LogP contribution is -2.40. The van der Waals surface area contributed by atoms with Gasteiger partial charge < -0.3 is 39.6 Å². The van der Waals surface area contributed by atoms with Gasteiger partial charge in [0, 0.05) is 37.2 Å². The van der Waals surface area contributed by atoms with E-state index in [1.54, 1.807) is 13.8 Å². The van der Waals surface area contributed by atoms with Gasteiger partial charge in [0.25, 0.3) is 5.56 Å². The molecule has 0 radical (unpaired) electrons. The molecule has 3 aromatic rings. The number of nitrogens with one attached hydrogen (secondary N) is 1. The van der Waals surface area contributed by atoms with Crippen molar-refractivity contribution in [3.05, 3.63) is 45.8 Å². The summed E-state index contributed by atoms with van der Waals surface area (Å²) < 4.78 is 55.7. The van der Waals surface area contributed by atoms with E-state index < -0.39 is 86.0 Å². The summed E-state index contributed by atoms with van der Waals surface area (Å²) in [6.07, 6.45) is -6.59. The molecule has 2 fully saturated rings. The Morgan fingerprint density at radius 3 is 2.70 bits per heavy atom. The van der Waals surface area contributed by atoms with E-state index in [1.165, 1.54) is 24.3 Å². The van der Waals surface area contributed by atoms with Crippen molar-refractivity contribution in [1.29, 1.82) is 0 Å². The molecule has 0 aromatic carbocycles. The number of rotatable bonds is 12. The van der Waals surface area contributed by atoms with Gasteiger partial charge in [0.2, 0.25) is 0 Å². The summed E-state index contributed by atoms with van der Waals surface area (Å²) in [5.74, 6) is -0.456. The van der Waals surface area contributed by atoms with E-state index in [-0.39, 0.29) is 12.2 Å².